The molecule has 106 valence electrons. The van der Waals surface area contributed by atoms with E-state index >= 15 is 0 Å². The van der Waals surface area contributed by atoms with Crippen molar-refractivity contribution in [3.05, 3.63) is 34.9 Å². The van der Waals surface area contributed by atoms with Gasteiger partial charge in [0.2, 0.25) is 0 Å². The predicted molar refractivity (Wildman–Crippen MR) is 87.2 cm³/mol. The summed E-state index contributed by atoms with van der Waals surface area (Å²) in [6.45, 7) is 10.1. The first-order valence-electron chi connectivity index (χ1n) is 7.48. The molecule has 1 saturated heterocycles. The first-order chi connectivity index (χ1) is 9.05. The molecule has 1 aromatic carbocycles. The molecule has 2 atom stereocenters. The molecule has 0 aliphatic carbocycles. The Hall–Kier alpha value is -0.470. The van der Waals surface area contributed by atoms with Gasteiger partial charge in [-0.3, -0.25) is 0 Å². The quantitative estimate of drug-likeness (QED) is 0.869. The van der Waals surface area contributed by atoms with E-state index in [1.807, 2.05) is 0 Å². The summed E-state index contributed by atoms with van der Waals surface area (Å²) < 4.78 is 0.412. The van der Waals surface area contributed by atoms with E-state index in [1.165, 1.54) is 35.3 Å². The zero-order valence-electron chi connectivity index (χ0n) is 12.8. The van der Waals surface area contributed by atoms with Gasteiger partial charge in [0.15, 0.2) is 0 Å². The van der Waals surface area contributed by atoms with Crippen molar-refractivity contribution >= 4 is 11.8 Å². The maximum Gasteiger partial charge on any atom is 0.0288 e. The van der Waals surface area contributed by atoms with E-state index in [4.69, 9.17) is 0 Å². The minimum Gasteiger partial charge on any atom is -0.313 e. The van der Waals surface area contributed by atoms with Crippen LogP contribution in [0.15, 0.2) is 18.2 Å². The van der Waals surface area contributed by atoms with Gasteiger partial charge in [0.25, 0.3) is 0 Å². The fourth-order valence-corrected chi connectivity index (χ4v) is 4.40. The number of nitrogens with one attached hydrogen (secondary N) is 1. The maximum atomic E-state index is 3.73. The average Bonchev–Trinajstić information content (AvgIpc) is 2.81. The Morgan fingerprint density at radius 3 is 2.68 bits per heavy atom. The minimum atomic E-state index is 0.412. The van der Waals surface area contributed by atoms with Crippen LogP contribution in [0.25, 0.3) is 0 Å². The van der Waals surface area contributed by atoms with Crippen molar-refractivity contribution in [3.8, 4) is 0 Å². The van der Waals surface area contributed by atoms with E-state index in [0.29, 0.717) is 10.8 Å². The fourth-order valence-electron chi connectivity index (χ4n) is 2.99. The summed E-state index contributed by atoms with van der Waals surface area (Å²) in [5.41, 5.74) is 4.28. The number of benzene rings is 1. The van der Waals surface area contributed by atoms with Crippen molar-refractivity contribution in [1.82, 2.24) is 5.32 Å². The molecule has 0 radical (unpaired) electrons. The summed E-state index contributed by atoms with van der Waals surface area (Å²) in [4.78, 5) is 0. The smallest absolute Gasteiger partial charge is 0.0288 e. The zero-order valence-corrected chi connectivity index (χ0v) is 13.6. The third-order valence-electron chi connectivity index (χ3n) is 4.45. The molecule has 1 aliphatic rings. The Bertz CT molecular complexity index is 421. The molecular weight excluding hydrogens is 250 g/mol. The number of hydrogen-bond acceptors (Lipinski definition) is 2. The molecule has 1 heterocycles. The summed E-state index contributed by atoms with van der Waals surface area (Å²) >= 11 is 2.16. The highest BCUT2D eigenvalue weighted by Gasteiger charge is 2.37. The highest BCUT2D eigenvalue weighted by Crippen LogP contribution is 2.41. The van der Waals surface area contributed by atoms with Gasteiger partial charge in [-0.15, -0.1) is 0 Å². The molecule has 1 fully saturated rings. The molecule has 0 aromatic heterocycles. The van der Waals surface area contributed by atoms with Crippen LogP contribution in [-0.4, -0.2) is 23.1 Å². The van der Waals surface area contributed by atoms with Crippen LogP contribution < -0.4 is 5.32 Å². The van der Waals surface area contributed by atoms with E-state index in [-0.39, 0.29) is 0 Å². The highest BCUT2D eigenvalue weighted by molar-refractivity contribution is 8.00. The lowest BCUT2D eigenvalue weighted by Crippen LogP contribution is -2.46. The van der Waals surface area contributed by atoms with Gasteiger partial charge in [0.1, 0.15) is 0 Å². The van der Waals surface area contributed by atoms with Crippen molar-refractivity contribution in [1.29, 1.82) is 0 Å². The van der Waals surface area contributed by atoms with Gasteiger partial charge in [0.05, 0.1) is 0 Å². The number of rotatable bonds is 5. The van der Waals surface area contributed by atoms with Gasteiger partial charge in [-0.05, 0) is 69.0 Å². The van der Waals surface area contributed by atoms with Crippen LogP contribution >= 0.6 is 11.8 Å². The molecule has 2 rings (SSSR count). The van der Waals surface area contributed by atoms with Gasteiger partial charge in [-0.1, -0.05) is 25.1 Å². The lowest BCUT2D eigenvalue weighted by atomic mass is 9.90. The molecule has 1 aromatic rings. The van der Waals surface area contributed by atoms with Crippen LogP contribution in [0.1, 0.15) is 43.4 Å². The second-order valence-corrected chi connectivity index (χ2v) is 7.63. The van der Waals surface area contributed by atoms with E-state index in [1.54, 1.807) is 0 Å². The second-order valence-electron chi connectivity index (χ2n) is 6.00. The number of aryl methyl sites for hydroxylation is 2. The molecule has 0 saturated carbocycles. The Morgan fingerprint density at radius 2 is 2.11 bits per heavy atom. The Kier molecular flexibility index (Phi) is 4.97. The topological polar surface area (TPSA) is 12.0 Å². The second kappa shape index (κ2) is 6.32. The zero-order chi connectivity index (χ0) is 13.9. The monoisotopic (exact) mass is 277 g/mol. The van der Waals surface area contributed by atoms with E-state index in [9.17, 15) is 0 Å². The molecule has 2 heteroatoms. The highest BCUT2D eigenvalue weighted by atomic mass is 32.2. The van der Waals surface area contributed by atoms with Crippen molar-refractivity contribution in [2.24, 2.45) is 0 Å². The SMILES string of the molecule is CCNC(Cc1ccc(C)c(C)c1)C1(C)CCCS1. The van der Waals surface area contributed by atoms with Crippen LogP contribution in [0.3, 0.4) is 0 Å². The van der Waals surface area contributed by atoms with Gasteiger partial charge < -0.3 is 5.32 Å². The van der Waals surface area contributed by atoms with Crippen LogP contribution in [0.4, 0.5) is 0 Å². The summed E-state index contributed by atoms with van der Waals surface area (Å²) in [6, 6.07) is 7.52. The van der Waals surface area contributed by atoms with Crippen molar-refractivity contribution in [3.63, 3.8) is 0 Å². The van der Waals surface area contributed by atoms with Gasteiger partial charge >= 0.3 is 0 Å². The van der Waals surface area contributed by atoms with Crippen molar-refractivity contribution in [2.45, 2.75) is 57.7 Å². The molecule has 0 bridgehead atoms. The predicted octanol–water partition coefficient (Wildman–Crippen LogP) is 4.11. The van der Waals surface area contributed by atoms with Crippen molar-refractivity contribution in [2.75, 3.05) is 12.3 Å². The lowest BCUT2D eigenvalue weighted by Gasteiger charge is -2.34. The summed E-state index contributed by atoms with van der Waals surface area (Å²) in [7, 11) is 0. The van der Waals surface area contributed by atoms with Crippen molar-refractivity contribution < 1.29 is 0 Å². The Balaban J connectivity index is 2.13. The number of likely N-dealkylation sites (N-methyl/N-ethyl adjacent to an activating group) is 1. The van der Waals surface area contributed by atoms with E-state index in [0.717, 1.165) is 13.0 Å². The Morgan fingerprint density at radius 1 is 1.32 bits per heavy atom. The lowest BCUT2D eigenvalue weighted by molar-refractivity contribution is 0.406. The first-order valence-corrected chi connectivity index (χ1v) is 8.47. The minimum absolute atomic E-state index is 0.412. The van der Waals surface area contributed by atoms with Gasteiger partial charge in [-0.25, -0.2) is 0 Å². The molecule has 2 unspecified atom stereocenters. The standard InChI is InChI=1S/C17H27NS/c1-5-18-16(17(4)9-6-10-19-17)12-15-8-7-13(2)14(3)11-15/h7-8,11,16,18H,5-6,9-10,12H2,1-4H3. The van der Waals surface area contributed by atoms with Crippen LogP contribution in [-0.2, 0) is 6.42 Å². The maximum absolute atomic E-state index is 3.73. The third-order valence-corrected chi connectivity index (χ3v) is 6.09. The fraction of sp³-hybridized carbons (Fsp3) is 0.647. The van der Waals surface area contributed by atoms with Crippen LogP contribution in [0.2, 0.25) is 0 Å². The average molecular weight is 277 g/mol. The molecule has 0 amide bonds. The number of thioether (sulfide) groups is 1. The van der Waals surface area contributed by atoms with E-state index < -0.39 is 0 Å². The molecular formula is C17H27NS. The van der Waals surface area contributed by atoms with Gasteiger partial charge in [0, 0.05) is 10.8 Å². The normalized spacial score (nSPS) is 24.6. The summed E-state index contributed by atoms with van der Waals surface area (Å²) in [6.07, 6.45) is 3.87. The van der Waals surface area contributed by atoms with Gasteiger partial charge in [-0.2, -0.15) is 11.8 Å². The summed E-state index contributed by atoms with van der Waals surface area (Å²) in [5.74, 6) is 1.32. The van der Waals surface area contributed by atoms with Crippen LogP contribution in [0, 0.1) is 13.8 Å². The Labute approximate surface area is 122 Å². The molecule has 1 aliphatic heterocycles. The largest absolute Gasteiger partial charge is 0.313 e. The summed E-state index contributed by atoms with van der Waals surface area (Å²) in [5, 5.41) is 3.73. The molecule has 1 N–H and O–H groups in total. The molecule has 1 nitrogen and oxygen atoms in total. The third kappa shape index (κ3) is 3.55. The first kappa shape index (κ1) is 14.9. The van der Waals surface area contributed by atoms with E-state index in [2.05, 4.69) is 63.0 Å². The molecule has 0 spiro atoms. The number of hydrogen-bond donors (Lipinski definition) is 1. The molecule has 19 heavy (non-hydrogen) atoms. The van der Waals surface area contributed by atoms with Crippen LogP contribution in [0.5, 0.6) is 0 Å².